The monoisotopic (exact) mass is 349 g/mol. The van der Waals surface area contributed by atoms with Gasteiger partial charge in [-0.2, -0.15) is 0 Å². The normalized spacial score (nSPS) is 15.5. The molecule has 0 aromatic heterocycles. The van der Waals surface area contributed by atoms with Crippen LogP contribution in [-0.2, 0) is 0 Å². The van der Waals surface area contributed by atoms with E-state index >= 15 is 0 Å². The first-order valence-corrected chi connectivity index (χ1v) is 11.0. The Morgan fingerprint density at radius 1 is 0.960 bits per heavy atom. The van der Waals surface area contributed by atoms with Crippen LogP contribution in [0.1, 0.15) is 96.8 Å². The molecule has 0 fully saturated rings. The minimum Gasteiger partial charge on any atom is -0.355 e. The van der Waals surface area contributed by atoms with Gasteiger partial charge in [0.2, 0.25) is 0 Å². The van der Waals surface area contributed by atoms with Gasteiger partial charge in [-0.05, 0) is 25.8 Å². The third kappa shape index (κ3) is 12.2. The zero-order chi connectivity index (χ0) is 18.0. The summed E-state index contributed by atoms with van der Waals surface area (Å²) in [4.78, 5) is 6.64. The maximum atomic E-state index is 5.74. The van der Waals surface area contributed by atoms with E-state index in [-0.39, 0.29) is 0 Å². The zero-order valence-corrected chi connectivity index (χ0v) is 16.8. The summed E-state index contributed by atoms with van der Waals surface area (Å²) in [6, 6.07) is 0.452. The van der Waals surface area contributed by atoms with Crippen LogP contribution in [0.5, 0.6) is 0 Å². The lowest BCUT2D eigenvalue weighted by Gasteiger charge is -2.23. The molecule has 1 rings (SSSR count). The van der Waals surface area contributed by atoms with Crippen molar-refractivity contribution in [1.29, 1.82) is 0 Å². The molecule has 0 bridgehead atoms. The molecular formula is C22H43N3. The first-order chi connectivity index (χ1) is 12.4. The molecule has 0 spiro atoms. The maximum Gasteiger partial charge on any atom is 0.0856 e. The molecule has 0 radical (unpaired) electrons. The molecule has 0 aliphatic carbocycles. The molecule has 1 aliphatic heterocycles. The second-order valence-electron chi connectivity index (χ2n) is 7.51. The maximum absolute atomic E-state index is 5.74. The van der Waals surface area contributed by atoms with E-state index in [0.717, 1.165) is 26.1 Å². The standard InChI is InChI=1S/C22H43N3/c1-2-3-4-5-6-7-8-9-10-11-12-13-14-15-16-22(17-18-23)25-20-19-24-21-25/h15-16,21-22H,2-14,17-20,23H2,1H3. The van der Waals surface area contributed by atoms with Gasteiger partial charge in [-0.1, -0.05) is 89.7 Å². The van der Waals surface area contributed by atoms with Crippen LogP contribution in [0.3, 0.4) is 0 Å². The zero-order valence-electron chi connectivity index (χ0n) is 16.8. The first kappa shape index (κ1) is 22.2. The molecule has 1 heterocycles. The number of nitrogens with two attached hydrogens (primary N) is 1. The summed E-state index contributed by atoms with van der Waals surface area (Å²) in [6.45, 7) is 5.02. The lowest BCUT2D eigenvalue weighted by molar-refractivity contribution is 0.382. The number of hydrogen-bond donors (Lipinski definition) is 1. The largest absolute Gasteiger partial charge is 0.355 e. The summed E-state index contributed by atoms with van der Waals surface area (Å²) < 4.78 is 0. The van der Waals surface area contributed by atoms with Crippen LogP contribution in [0, 0.1) is 0 Å². The van der Waals surface area contributed by atoms with Crippen molar-refractivity contribution in [2.24, 2.45) is 10.7 Å². The SMILES string of the molecule is CCCCCCCCCCCCCCC=CC(CCN)N1C=NCC1. The van der Waals surface area contributed by atoms with Crippen LogP contribution < -0.4 is 5.73 Å². The van der Waals surface area contributed by atoms with Crippen molar-refractivity contribution < 1.29 is 0 Å². The van der Waals surface area contributed by atoms with Crippen LogP contribution in [0.2, 0.25) is 0 Å². The van der Waals surface area contributed by atoms with Crippen LogP contribution in [-0.4, -0.2) is 36.9 Å². The number of nitrogens with zero attached hydrogens (tertiary/aromatic N) is 2. The van der Waals surface area contributed by atoms with Gasteiger partial charge in [0, 0.05) is 12.6 Å². The van der Waals surface area contributed by atoms with Gasteiger partial charge >= 0.3 is 0 Å². The Morgan fingerprint density at radius 3 is 2.08 bits per heavy atom. The molecule has 0 saturated carbocycles. The van der Waals surface area contributed by atoms with Gasteiger partial charge in [0.1, 0.15) is 0 Å². The quantitative estimate of drug-likeness (QED) is 0.270. The first-order valence-electron chi connectivity index (χ1n) is 11.0. The van der Waals surface area contributed by atoms with E-state index < -0.39 is 0 Å². The fraction of sp³-hybridized carbons (Fsp3) is 0.864. The minimum absolute atomic E-state index is 0.452. The highest BCUT2D eigenvalue weighted by Gasteiger charge is 2.14. The Balaban J connectivity index is 1.89. The topological polar surface area (TPSA) is 41.6 Å². The highest BCUT2D eigenvalue weighted by atomic mass is 15.2. The van der Waals surface area contributed by atoms with Gasteiger partial charge in [-0.15, -0.1) is 0 Å². The summed E-state index contributed by atoms with van der Waals surface area (Å²) in [6.07, 6.45) is 26.0. The average Bonchev–Trinajstić information content (AvgIpc) is 3.15. The predicted molar refractivity (Wildman–Crippen MR) is 112 cm³/mol. The van der Waals surface area contributed by atoms with Gasteiger partial charge in [-0.3, -0.25) is 4.99 Å². The summed E-state index contributed by atoms with van der Waals surface area (Å²) in [5.41, 5.74) is 5.74. The molecule has 1 atom stereocenters. The number of unbranched alkanes of at least 4 members (excludes halogenated alkanes) is 12. The number of hydrogen-bond acceptors (Lipinski definition) is 3. The lowest BCUT2D eigenvalue weighted by atomic mass is 10.0. The van der Waals surface area contributed by atoms with Crippen molar-refractivity contribution in [3.8, 4) is 0 Å². The Bertz CT molecular complexity index is 338. The summed E-state index contributed by atoms with van der Waals surface area (Å²) in [7, 11) is 0. The molecule has 1 unspecified atom stereocenters. The van der Waals surface area contributed by atoms with Crippen LogP contribution in [0.25, 0.3) is 0 Å². The number of allylic oxidation sites excluding steroid dienone is 1. The Morgan fingerprint density at radius 2 is 1.56 bits per heavy atom. The molecule has 0 aromatic rings. The van der Waals surface area contributed by atoms with Gasteiger partial charge in [-0.25, -0.2) is 0 Å². The molecule has 25 heavy (non-hydrogen) atoms. The molecule has 3 nitrogen and oxygen atoms in total. The summed E-state index contributed by atoms with van der Waals surface area (Å²) >= 11 is 0. The molecule has 0 saturated heterocycles. The van der Waals surface area contributed by atoms with Crippen molar-refractivity contribution in [1.82, 2.24) is 4.90 Å². The van der Waals surface area contributed by atoms with E-state index in [1.165, 1.54) is 83.5 Å². The van der Waals surface area contributed by atoms with Gasteiger partial charge in [0.25, 0.3) is 0 Å². The molecular weight excluding hydrogens is 306 g/mol. The second kappa shape index (κ2) is 16.6. The third-order valence-electron chi connectivity index (χ3n) is 5.19. The average molecular weight is 350 g/mol. The van der Waals surface area contributed by atoms with Crippen molar-refractivity contribution in [3.63, 3.8) is 0 Å². The molecule has 2 N–H and O–H groups in total. The Hall–Kier alpha value is -0.830. The predicted octanol–water partition coefficient (Wildman–Crippen LogP) is 5.70. The summed E-state index contributed by atoms with van der Waals surface area (Å²) in [5, 5.41) is 0. The van der Waals surface area contributed by atoms with Crippen molar-refractivity contribution >= 4 is 6.34 Å². The number of aliphatic imine (C=N–C) groups is 1. The van der Waals surface area contributed by atoms with Gasteiger partial charge < -0.3 is 10.6 Å². The second-order valence-corrected chi connectivity index (χ2v) is 7.51. The highest BCUT2D eigenvalue weighted by molar-refractivity contribution is 5.58. The minimum atomic E-state index is 0.452. The highest BCUT2D eigenvalue weighted by Crippen LogP contribution is 2.13. The Labute approximate surface area is 157 Å². The Kier molecular flexibility index (Phi) is 14.8. The molecule has 0 aromatic carbocycles. The molecule has 3 heteroatoms. The molecule has 146 valence electrons. The summed E-state index contributed by atoms with van der Waals surface area (Å²) in [5.74, 6) is 0. The van der Waals surface area contributed by atoms with E-state index in [1.54, 1.807) is 0 Å². The van der Waals surface area contributed by atoms with E-state index in [0.29, 0.717) is 6.04 Å². The van der Waals surface area contributed by atoms with Crippen molar-refractivity contribution in [2.45, 2.75) is 103 Å². The fourth-order valence-electron chi connectivity index (χ4n) is 3.54. The van der Waals surface area contributed by atoms with Crippen LogP contribution in [0.4, 0.5) is 0 Å². The van der Waals surface area contributed by atoms with E-state index in [9.17, 15) is 0 Å². The molecule has 1 aliphatic rings. The third-order valence-corrected chi connectivity index (χ3v) is 5.19. The van der Waals surface area contributed by atoms with Gasteiger partial charge in [0.05, 0.1) is 12.9 Å². The van der Waals surface area contributed by atoms with E-state index in [1.807, 2.05) is 6.34 Å². The van der Waals surface area contributed by atoms with E-state index in [4.69, 9.17) is 5.73 Å². The van der Waals surface area contributed by atoms with E-state index in [2.05, 4.69) is 29.0 Å². The van der Waals surface area contributed by atoms with Crippen molar-refractivity contribution in [3.05, 3.63) is 12.2 Å². The number of rotatable bonds is 17. The smallest absolute Gasteiger partial charge is 0.0856 e. The van der Waals surface area contributed by atoms with Crippen LogP contribution >= 0.6 is 0 Å². The fourth-order valence-corrected chi connectivity index (χ4v) is 3.54. The van der Waals surface area contributed by atoms with Gasteiger partial charge in [0.15, 0.2) is 0 Å². The lowest BCUT2D eigenvalue weighted by Crippen LogP contribution is -2.33. The van der Waals surface area contributed by atoms with Crippen LogP contribution in [0.15, 0.2) is 17.1 Å². The van der Waals surface area contributed by atoms with Crippen molar-refractivity contribution in [2.75, 3.05) is 19.6 Å². The molecule has 0 amide bonds.